The van der Waals surface area contributed by atoms with Crippen LogP contribution in [0.1, 0.15) is 11.7 Å². The Kier molecular flexibility index (Phi) is 4.74. The second kappa shape index (κ2) is 7.49. The average molecular weight is 363 g/mol. The van der Waals surface area contributed by atoms with Gasteiger partial charge >= 0.3 is 0 Å². The first-order valence-electron chi connectivity index (χ1n) is 8.96. The van der Waals surface area contributed by atoms with E-state index in [-0.39, 0.29) is 18.4 Å². The highest BCUT2D eigenvalue weighted by molar-refractivity contribution is 5.98. The number of para-hydroxylation sites is 1. The minimum absolute atomic E-state index is 0.0538. The zero-order valence-corrected chi connectivity index (χ0v) is 14.9. The third-order valence-electron chi connectivity index (χ3n) is 4.84. The van der Waals surface area contributed by atoms with Gasteiger partial charge < -0.3 is 19.4 Å². The van der Waals surface area contributed by atoms with Crippen LogP contribution in [0, 0.1) is 0 Å². The molecule has 2 amide bonds. The Labute approximate surface area is 157 Å². The maximum absolute atomic E-state index is 13.2. The van der Waals surface area contributed by atoms with Gasteiger partial charge in [0.1, 0.15) is 12.6 Å². The van der Waals surface area contributed by atoms with Crippen molar-refractivity contribution >= 4 is 17.5 Å². The van der Waals surface area contributed by atoms with Crippen LogP contribution in [-0.2, 0) is 16.0 Å². The van der Waals surface area contributed by atoms with E-state index in [1.807, 2.05) is 59.4 Å². The molecular weight excluding hydrogens is 342 g/mol. The standard InChI is InChI=1S/C20H21N5O2/c26-19-14-24(10-11-25(19)17-6-2-1-3-7-17)20(27)18(23-8-4-5-9-23)12-16-13-21-15-22-16/h1-9,13,15,18H,10-12,14H2,(H,21,22)/t18-/m1/s1. The molecule has 3 heterocycles. The highest BCUT2D eigenvalue weighted by Crippen LogP contribution is 2.21. The van der Waals surface area contributed by atoms with Gasteiger partial charge in [-0.2, -0.15) is 0 Å². The van der Waals surface area contributed by atoms with Crippen LogP contribution < -0.4 is 4.90 Å². The van der Waals surface area contributed by atoms with Gasteiger partial charge in [-0.25, -0.2) is 4.98 Å². The van der Waals surface area contributed by atoms with Gasteiger partial charge in [-0.15, -0.1) is 0 Å². The second-order valence-electron chi connectivity index (χ2n) is 6.57. The summed E-state index contributed by atoms with van der Waals surface area (Å²) in [5.41, 5.74) is 1.75. The molecular formula is C20H21N5O2. The van der Waals surface area contributed by atoms with E-state index < -0.39 is 6.04 Å². The number of H-pyrrole nitrogens is 1. The van der Waals surface area contributed by atoms with Crippen LogP contribution in [-0.4, -0.2) is 50.9 Å². The number of nitrogens with one attached hydrogen (secondary N) is 1. The summed E-state index contributed by atoms with van der Waals surface area (Å²) >= 11 is 0. The Morgan fingerprint density at radius 2 is 1.89 bits per heavy atom. The molecule has 0 bridgehead atoms. The minimum atomic E-state index is -0.406. The zero-order valence-electron chi connectivity index (χ0n) is 14.9. The summed E-state index contributed by atoms with van der Waals surface area (Å²) in [5, 5.41) is 0. The van der Waals surface area contributed by atoms with Gasteiger partial charge in [-0.1, -0.05) is 18.2 Å². The molecule has 0 spiro atoms. The van der Waals surface area contributed by atoms with Crippen molar-refractivity contribution < 1.29 is 9.59 Å². The first-order valence-corrected chi connectivity index (χ1v) is 8.96. The van der Waals surface area contributed by atoms with E-state index in [4.69, 9.17) is 0 Å². The number of anilines is 1. The molecule has 1 atom stereocenters. The van der Waals surface area contributed by atoms with Crippen molar-refractivity contribution in [2.75, 3.05) is 24.5 Å². The van der Waals surface area contributed by atoms with Gasteiger partial charge in [0.2, 0.25) is 11.8 Å². The summed E-state index contributed by atoms with van der Waals surface area (Å²) in [4.78, 5) is 36.3. The van der Waals surface area contributed by atoms with E-state index in [9.17, 15) is 9.59 Å². The van der Waals surface area contributed by atoms with Crippen LogP contribution in [0.25, 0.3) is 0 Å². The summed E-state index contributed by atoms with van der Waals surface area (Å²) in [6, 6.07) is 12.9. The molecule has 138 valence electrons. The number of aromatic amines is 1. The lowest BCUT2D eigenvalue weighted by Gasteiger charge is -2.36. The lowest BCUT2D eigenvalue weighted by molar-refractivity contribution is -0.139. The minimum Gasteiger partial charge on any atom is -0.348 e. The van der Waals surface area contributed by atoms with Crippen LogP contribution >= 0.6 is 0 Å². The second-order valence-corrected chi connectivity index (χ2v) is 6.57. The largest absolute Gasteiger partial charge is 0.348 e. The van der Waals surface area contributed by atoms with E-state index in [1.165, 1.54) is 0 Å². The normalized spacial score (nSPS) is 15.8. The Morgan fingerprint density at radius 1 is 1.11 bits per heavy atom. The molecule has 1 fully saturated rings. The number of piperazine rings is 1. The molecule has 4 rings (SSSR count). The van der Waals surface area contributed by atoms with Crippen molar-refractivity contribution in [2.45, 2.75) is 12.5 Å². The third kappa shape index (κ3) is 3.62. The molecule has 2 aromatic heterocycles. The van der Waals surface area contributed by atoms with E-state index in [1.54, 1.807) is 22.3 Å². The fourth-order valence-electron chi connectivity index (χ4n) is 3.43. The Morgan fingerprint density at radius 3 is 2.56 bits per heavy atom. The van der Waals surface area contributed by atoms with Gasteiger partial charge in [0.25, 0.3) is 0 Å². The van der Waals surface area contributed by atoms with Crippen molar-refractivity contribution in [3.8, 4) is 0 Å². The number of carbonyl (C=O) groups is 2. The number of hydrogen-bond acceptors (Lipinski definition) is 3. The number of hydrogen-bond donors (Lipinski definition) is 1. The Balaban J connectivity index is 1.50. The van der Waals surface area contributed by atoms with E-state index in [0.29, 0.717) is 19.5 Å². The number of benzene rings is 1. The SMILES string of the molecule is O=C([C@@H](Cc1cnc[nH]1)n1cccc1)N1CCN(c2ccccc2)C(=O)C1. The molecule has 0 aliphatic carbocycles. The predicted molar refractivity (Wildman–Crippen MR) is 101 cm³/mol. The van der Waals surface area contributed by atoms with Crippen LogP contribution in [0.4, 0.5) is 5.69 Å². The van der Waals surface area contributed by atoms with Gasteiger partial charge in [0.05, 0.1) is 6.33 Å². The molecule has 1 aliphatic rings. The summed E-state index contributed by atoms with van der Waals surface area (Å²) < 4.78 is 1.89. The molecule has 0 saturated carbocycles. The number of aromatic nitrogens is 3. The molecule has 7 heteroatoms. The van der Waals surface area contributed by atoms with Crippen molar-refractivity contribution in [3.63, 3.8) is 0 Å². The van der Waals surface area contributed by atoms with Crippen LogP contribution in [0.15, 0.2) is 67.4 Å². The molecule has 1 aromatic carbocycles. The summed E-state index contributed by atoms with van der Waals surface area (Å²) in [6.45, 7) is 1.10. The summed E-state index contributed by atoms with van der Waals surface area (Å²) in [7, 11) is 0. The van der Waals surface area contributed by atoms with Crippen LogP contribution in [0.2, 0.25) is 0 Å². The number of carbonyl (C=O) groups excluding carboxylic acids is 2. The topological polar surface area (TPSA) is 74.2 Å². The Bertz CT molecular complexity index is 890. The van der Waals surface area contributed by atoms with Crippen molar-refractivity contribution in [3.05, 3.63) is 73.1 Å². The summed E-state index contributed by atoms with van der Waals surface area (Å²) in [5.74, 6) is -0.115. The Hall–Kier alpha value is -3.35. The first-order chi connectivity index (χ1) is 13.2. The molecule has 27 heavy (non-hydrogen) atoms. The van der Waals surface area contributed by atoms with Gasteiger partial charge in [-0.05, 0) is 24.3 Å². The van der Waals surface area contributed by atoms with E-state index in [2.05, 4.69) is 9.97 Å². The van der Waals surface area contributed by atoms with Crippen LogP contribution in [0.3, 0.4) is 0 Å². The molecule has 7 nitrogen and oxygen atoms in total. The fourth-order valence-corrected chi connectivity index (χ4v) is 3.43. The fraction of sp³-hybridized carbons (Fsp3) is 0.250. The van der Waals surface area contributed by atoms with E-state index >= 15 is 0 Å². The third-order valence-corrected chi connectivity index (χ3v) is 4.84. The molecule has 0 radical (unpaired) electrons. The maximum Gasteiger partial charge on any atom is 0.246 e. The monoisotopic (exact) mass is 363 g/mol. The molecule has 1 saturated heterocycles. The van der Waals surface area contributed by atoms with Gasteiger partial charge in [0, 0.05) is 49.5 Å². The molecule has 1 N–H and O–H groups in total. The zero-order chi connectivity index (χ0) is 18.6. The van der Waals surface area contributed by atoms with Crippen LogP contribution in [0.5, 0.6) is 0 Å². The highest BCUT2D eigenvalue weighted by Gasteiger charge is 2.32. The number of imidazole rings is 1. The predicted octanol–water partition coefficient (Wildman–Crippen LogP) is 1.87. The van der Waals surface area contributed by atoms with E-state index in [0.717, 1.165) is 11.4 Å². The number of amides is 2. The smallest absolute Gasteiger partial charge is 0.246 e. The van der Waals surface area contributed by atoms with Crippen molar-refractivity contribution in [1.29, 1.82) is 0 Å². The van der Waals surface area contributed by atoms with Crippen molar-refractivity contribution in [2.24, 2.45) is 0 Å². The lowest BCUT2D eigenvalue weighted by Crippen LogP contribution is -2.54. The molecule has 3 aromatic rings. The maximum atomic E-state index is 13.2. The molecule has 0 unspecified atom stereocenters. The van der Waals surface area contributed by atoms with Gasteiger partial charge in [-0.3, -0.25) is 9.59 Å². The van der Waals surface area contributed by atoms with Crippen molar-refractivity contribution in [1.82, 2.24) is 19.4 Å². The average Bonchev–Trinajstić information content (AvgIpc) is 3.40. The number of nitrogens with zero attached hydrogens (tertiary/aromatic N) is 4. The quantitative estimate of drug-likeness (QED) is 0.752. The lowest BCUT2D eigenvalue weighted by atomic mass is 10.1. The van der Waals surface area contributed by atoms with Gasteiger partial charge in [0.15, 0.2) is 0 Å². The first kappa shape index (κ1) is 17.1. The summed E-state index contributed by atoms with van der Waals surface area (Å²) in [6.07, 6.45) is 7.58. The molecule has 1 aliphatic heterocycles. The highest BCUT2D eigenvalue weighted by atomic mass is 16.2. The number of rotatable bonds is 5.